The molecule has 94 valence electrons. The van der Waals surface area contributed by atoms with Gasteiger partial charge in [0.05, 0.1) is 0 Å². The first-order valence-corrected chi connectivity index (χ1v) is 6.04. The highest BCUT2D eigenvalue weighted by molar-refractivity contribution is 5.73. The Morgan fingerprint density at radius 2 is 2.00 bits per heavy atom. The fourth-order valence-corrected chi connectivity index (χ4v) is 1.88. The van der Waals surface area contributed by atoms with Crippen LogP contribution in [-0.4, -0.2) is 48.2 Å². The van der Waals surface area contributed by atoms with Crippen molar-refractivity contribution >= 4 is 5.91 Å². The fourth-order valence-electron chi connectivity index (χ4n) is 1.88. The molecule has 1 rings (SSSR count). The quantitative estimate of drug-likeness (QED) is 0.741. The zero-order valence-corrected chi connectivity index (χ0v) is 10.6. The number of nitrogens with one attached hydrogen (secondary N) is 1. The van der Waals surface area contributed by atoms with E-state index in [0.29, 0.717) is 6.04 Å². The number of aliphatic hydroxyl groups excluding tert-OH is 1. The molecule has 0 aromatic carbocycles. The van der Waals surface area contributed by atoms with Gasteiger partial charge in [0.2, 0.25) is 5.91 Å². The second-order valence-corrected chi connectivity index (χ2v) is 5.48. The molecule has 4 heteroatoms. The third kappa shape index (κ3) is 4.10. The Hall–Kier alpha value is -0.610. The third-order valence-corrected chi connectivity index (χ3v) is 3.24. The van der Waals surface area contributed by atoms with Gasteiger partial charge in [-0.3, -0.25) is 4.79 Å². The van der Waals surface area contributed by atoms with Crippen LogP contribution in [-0.2, 0) is 4.79 Å². The Balaban J connectivity index is 2.25. The molecule has 1 amide bonds. The van der Waals surface area contributed by atoms with E-state index in [0.717, 1.165) is 32.5 Å². The number of piperidine rings is 1. The van der Waals surface area contributed by atoms with Crippen LogP contribution in [0.5, 0.6) is 0 Å². The highest BCUT2D eigenvalue weighted by Gasteiger charge is 2.23. The Kier molecular flexibility index (Phi) is 4.74. The average Bonchev–Trinajstić information content (AvgIpc) is 2.27. The molecule has 1 aliphatic rings. The smallest absolute Gasteiger partial charge is 0.219 e. The first-order chi connectivity index (χ1) is 7.44. The number of nitrogens with zero attached hydrogens (tertiary/aromatic N) is 1. The van der Waals surface area contributed by atoms with Crippen LogP contribution >= 0.6 is 0 Å². The van der Waals surface area contributed by atoms with Crippen molar-refractivity contribution in [1.82, 2.24) is 10.2 Å². The van der Waals surface area contributed by atoms with Crippen molar-refractivity contribution in [2.24, 2.45) is 5.41 Å². The number of amides is 1. The second kappa shape index (κ2) is 5.64. The molecule has 2 N–H and O–H groups in total. The van der Waals surface area contributed by atoms with Gasteiger partial charge in [0.15, 0.2) is 0 Å². The summed E-state index contributed by atoms with van der Waals surface area (Å²) >= 11 is 0. The fraction of sp³-hybridized carbons (Fsp3) is 0.917. The highest BCUT2D eigenvalue weighted by Crippen LogP contribution is 2.15. The minimum absolute atomic E-state index is 0.0578. The molecule has 0 spiro atoms. The predicted octanol–water partition coefficient (Wildman–Crippen LogP) is 0.605. The lowest BCUT2D eigenvalue weighted by atomic mass is 9.93. The highest BCUT2D eigenvalue weighted by atomic mass is 16.3. The maximum atomic E-state index is 11.1. The average molecular weight is 228 g/mol. The number of carbonyl (C=O) groups excluding carboxylic acids is 1. The van der Waals surface area contributed by atoms with Gasteiger partial charge in [-0.1, -0.05) is 13.8 Å². The normalized spacial score (nSPS) is 18.9. The number of carbonyl (C=O) groups is 1. The number of hydrogen-bond donors (Lipinski definition) is 2. The van der Waals surface area contributed by atoms with E-state index in [9.17, 15) is 4.79 Å². The van der Waals surface area contributed by atoms with Crippen molar-refractivity contribution in [3.05, 3.63) is 0 Å². The Bertz CT molecular complexity index is 233. The van der Waals surface area contributed by atoms with Gasteiger partial charge in [-0.2, -0.15) is 0 Å². The van der Waals surface area contributed by atoms with Crippen LogP contribution in [0, 0.1) is 5.41 Å². The van der Waals surface area contributed by atoms with Crippen molar-refractivity contribution in [1.29, 1.82) is 0 Å². The van der Waals surface area contributed by atoms with E-state index in [4.69, 9.17) is 5.11 Å². The largest absolute Gasteiger partial charge is 0.396 e. The lowest BCUT2D eigenvalue weighted by molar-refractivity contribution is -0.129. The molecule has 0 unspecified atom stereocenters. The van der Waals surface area contributed by atoms with Crippen LogP contribution in [0.1, 0.15) is 33.6 Å². The van der Waals surface area contributed by atoms with Crippen LogP contribution in [0.25, 0.3) is 0 Å². The third-order valence-electron chi connectivity index (χ3n) is 3.24. The van der Waals surface area contributed by atoms with Gasteiger partial charge in [0.1, 0.15) is 0 Å². The Morgan fingerprint density at radius 1 is 1.44 bits per heavy atom. The van der Waals surface area contributed by atoms with Crippen LogP contribution in [0.15, 0.2) is 0 Å². The minimum Gasteiger partial charge on any atom is -0.396 e. The molecule has 4 nitrogen and oxygen atoms in total. The van der Waals surface area contributed by atoms with Crippen molar-refractivity contribution in [2.75, 3.05) is 26.2 Å². The Morgan fingerprint density at radius 3 is 2.44 bits per heavy atom. The first-order valence-electron chi connectivity index (χ1n) is 6.04. The van der Waals surface area contributed by atoms with Gasteiger partial charge < -0.3 is 15.3 Å². The summed E-state index contributed by atoms with van der Waals surface area (Å²) in [5.74, 6) is 0.175. The molecule has 0 saturated carbocycles. The van der Waals surface area contributed by atoms with E-state index in [-0.39, 0.29) is 17.9 Å². The summed E-state index contributed by atoms with van der Waals surface area (Å²) in [6, 6.07) is 0.487. The van der Waals surface area contributed by atoms with Gasteiger partial charge in [0, 0.05) is 44.6 Å². The topological polar surface area (TPSA) is 52.6 Å². The van der Waals surface area contributed by atoms with E-state index < -0.39 is 0 Å². The van der Waals surface area contributed by atoms with Crippen LogP contribution < -0.4 is 5.32 Å². The van der Waals surface area contributed by atoms with Gasteiger partial charge in [-0.15, -0.1) is 0 Å². The molecular formula is C12H24N2O2. The zero-order chi connectivity index (χ0) is 12.2. The SMILES string of the molecule is CC(=O)N1CCC(NCC(C)(C)CO)CC1. The molecule has 0 atom stereocenters. The predicted molar refractivity (Wildman–Crippen MR) is 64.1 cm³/mol. The van der Waals surface area contributed by atoms with E-state index in [2.05, 4.69) is 5.32 Å². The van der Waals surface area contributed by atoms with E-state index in [1.807, 2.05) is 18.7 Å². The first kappa shape index (κ1) is 13.5. The van der Waals surface area contributed by atoms with Gasteiger partial charge in [-0.05, 0) is 12.8 Å². The summed E-state index contributed by atoms with van der Waals surface area (Å²) in [7, 11) is 0. The molecule has 1 fully saturated rings. The molecule has 1 saturated heterocycles. The molecule has 16 heavy (non-hydrogen) atoms. The monoisotopic (exact) mass is 228 g/mol. The maximum absolute atomic E-state index is 11.1. The number of hydrogen-bond acceptors (Lipinski definition) is 3. The lowest BCUT2D eigenvalue weighted by Crippen LogP contribution is -2.46. The summed E-state index contributed by atoms with van der Waals surface area (Å²) in [5, 5.41) is 12.6. The molecule has 0 aromatic rings. The zero-order valence-electron chi connectivity index (χ0n) is 10.6. The van der Waals surface area contributed by atoms with E-state index in [1.165, 1.54) is 0 Å². The maximum Gasteiger partial charge on any atom is 0.219 e. The summed E-state index contributed by atoms with van der Waals surface area (Å²) in [6.45, 7) is 8.46. The van der Waals surface area contributed by atoms with Crippen LogP contribution in [0.2, 0.25) is 0 Å². The van der Waals surface area contributed by atoms with Crippen LogP contribution in [0.4, 0.5) is 0 Å². The van der Waals surface area contributed by atoms with Gasteiger partial charge in [-0.25, -0.2) is 0 Å². The molecule has 1 heterocycles. The number of aliphatic hydroxyl groups is 1. The van der Waals surface area contributed by atoms with Gasteiger partial charge >= 0.3 is 0 Å². The van der Waals surface area contributed by atoms with Crippen molar-refractivity contribution in [3.63, 3.8) is 0 Å². The minimum atomic E-state index is -0.0578. The molecule has 0 bridgehead atoms. The van der Waals surface area contributed by atoms with Crippen molar-refractivity contribution < 1.29 is 9.90 Å². The van der Waals surface area contributed by atoms with E-state index in [1.54, 1.807) is 6.92 Å². The molecular weight excluding hydrogens is 204 g/mol. The molecule has 0 radical (unpaired) electrons. The number of rotatable bonds is 4. The van der Waals surface area contributed by atoms with Crippen LogP contribution in [0.3, 0.4) is 0 Å². The second-order valence-electron chi connectivity index (χ2n) is 5.48. The van der Waals surface area contributed by atoms with Gasteiger partial charge in [0.25, 0.3) is 0 Å². The summed E-state index contributed by atoms with van der Waals surface area (Å²) in [5.41, 5.74) is -0.0578. The molecule has 1 aliphatic heterocycles. The van der Waals surface area contributed by atoms with E-state index >= 15 is 0 Å². The molecule has 0 aliphatic carbocycles. The van der Waals surface area contributed by atoms with Crippen molar-refractivity contribution in [3.8, 4) is 0 Å². The standard InChI is InChI=1S/C12H24N2O2/c1-10(16)14-6-4-11(5-7-14)13-8-12(2,3)9-15/h11,13,15H,4-9H2,1-3H3. The molecule has 0 aromatic heterocycles. The summed E-state index contributed by atoms with van der Waals surface area (Å²) in [4.78, 5) is 13.0. The summed E-state index contributed by atoms with van der Waals surface area (Å²) < 4.78 is 0. The lowest BCUT2D eigenvalue weighted by Gasteiger charge is -2.33. The number of likely N-dealkylation sites (tertiary alicyclic amines) is 1. The summed E-state index contributed by atoms with van der Waals surface area (Å²) in [6.07, 6.45) is 2.03. The van der Waals surface area contributed by atoms with Crippen molar-refractivity contribution in [2.45, 2.75) is 39.7 Å². The Labute approximate surface area is 98.0 Å².